The highest BCUT2D eigenvalue weighted by atomic mass is 19.1. The van der Waals surface area contributed by atoms with Crippen molar-refractivity contribution in [2.75, 3.05) is 7.11 Å². The zero-order valence-electron chi connectivity index (χ0n) is 16.6. The molecule has 2 atom stereocenters. The van der Waals surface area contributed by atoms with Crippen LogP contribution in [0.25, 0.3) is 11.4 Å². The maximum absolute atomic E-state index is 13.4. The van der Waals surface area contributed by atoms with Gasteiger partial charge in [-0.3, -0.25) is 4.79 Å². The smallest absolute Gasteiger partial charge is 0.255 e. The molecule has 3 aromatic rings. The summed E-state index contributed by atoms with van der Waals surface area (Å²) in [6.45, 7) is 1.78. The topological polar surface area (TPSA) is 88.2 Å². The molecule has 1 aliphatic heterocycles. The number of nitrogens with zero attached hydrogens (tertiary/aromatic N) is 2. The van der Waals surface area contributed by atoms with Crippen molar-refractivity contribution in [2.45, 2.75) is 25.6 Å². The van der Waals surface area contributed by atoms with Crippen LogP contribution in [0.2, 0.25) is 0 Å². The Morgan fingerprint density at radius 2 is 2.00 bits per heavy atom. The number of carbonyl (C=O) groups is 1. The minimum absolute atomic E-state index is 0.0965. The van der Waals surface area contributed by atoms with Gasteiger partial charge in [-0.15, -0.1) is 0 Å². The van der Waals surface area contributed by atoms with Crippen LogP contribution >= 0.6 is 0 Å². The van der Waals surface area contributed by atoms with Gasteiger partial charge in [-0.25, -0.2) is 25.2 Å². The molecular formula is C22H22FN5O2. The number of carbonyl (C=O) groups excluding carboxylic acids is 1. The second kappa shape index (κ2) is 8.56. The largest absolute Gasteiger partial charge is 0.497 e. The van der Waals surface area contributed by atoms with Crippen LogP contribution in [0.15, 0.2) is 54.7 Å². The number of rotatable bonds is 5. The van der Waals surface area contributed by atoms with Gasteiger partial charge in [-0.05, 0) is 48.9 Å². The molecule has 8 heteroatoms. The van der Waals surface area contributed by atoms with Crippen LogP contribution < -0.4 is 20.9 Å². The lowest BCUT2D eigenvalue weighted by molar-refractivity contribution is 0.0931. The van der Waals surface area contributed by atoms with E-state index in [0.29, 0.717) is 23.5 Å². The first-order valence-electron chi connectivity index (χ1n) is 9.59. The molecule has 1 saturated heterocycles. The second-order valence-corrected chi connectivity index (χ2v) is 7.08. The van der Waals surface area contributed by atoms with Crippen LogP contribution in [0.4, 0.5) is 4.39 Å². The maximum atomic E-state index is 13.4. The highest BCUT2D eigenvalue weighted by molar-refractivity contribution is 5.95. The van der Waals surface area contributed by atoms with Crippen LogP contribution in [-0.4, -0.2) is 29.2 Å². The predicted molar refractivity (Wildman–Crippen MR) is 110 cm³/mol. The molecule has 2 unspecified atom stereocenters. The molecule has 1 aliphatic rings. The van der Waals surface area contributed by atoms with Crippen molar-refractivity contribution in [2.24, 2.45) is 0 Å². The van der Waals surface area contributed by atoms with Crippen molar-refractivity contribution < 1.29 is 13.9 Å². The number of amides is 1. The summed E-state index contributed by atoms with van der Waals surface area (Å²) in [7, 11) is 1.61. The molecule has 0 bridgehead atoms. The summed E-state index contributed by atoms with van der Waals surface area (Å²) in [5.74, 6) is 0.735. The third kappa shape index (κ3) is 4.29. The van der Waals surface area contributed by atoms with E-state index in [2.05, 4.69) is 26.1 Å². The number of hydrogen-bond acceptors (Lipinski definition) is 6. The summed E-state index contributed by atoms with van der Waals surface area (Å²) < 4.78 is 18.6. The molecule has 2 heterocycles. The first kappa shape index (κ1) is 19.9. The summed E-state index contributed by atoms with van der Waals surface area (Å²) >= 11 is 0. The average Bonchev–Trinajstić information content (AvgIpc) is 3.22. The van der Waals surface area contributed by atoms with Crippen LogP contribution in [-0.2, 0) is 0 Å². The Morgan fingerprint density at radius 3 is 2.70 bits per heavy atom. The minimum atomic E-state index is -0.300. The van der Waals surface area contributed by atoms with Gasteiger partial charge in [-0.1, -0.05) is 12.1 Å². The van der Waals surface area contributed by atoms with Gasteiger partial charge in [0, 0.05) is 24.2 Å². The molecule has 1 amide bonds. The van der Waals surface area contributed by atoms with E-state index in [0.717, 1.165) is 16.9 Å². The average molecular weight is 407 g/mol. The number of aryl methyl sites for hydroxylation is 1. The van der Waals surface area contributed by atoms with Crippen LogP contribution in [0.1, 0.15) is 34.1 Å². The maximum Gasteiger partial charge on any atom is 0.255 e. The molecule has 0 aliphatic carbocycles. The number of methoxy groups -OCH3 is 1. The van der Waals surface area contributed by atoms with Gasteiger partial charge in [-0.2, -0.15) is 0 Å². The fourth-order valence-electron chi connectivity index (χ4n) is 3.40. The molecule has 154 valence electrons. The molecule has 0 saturated carbocycles. The Kier molecular flexibility index (Phi) is 5.69. The molecule has 30 heavy (non-hydrogen) atoms. The van der Waals surface area contributed by atoms with Crippen molar-refractivity contribution in [3.8, 4) is 17.1 Å². The molecule has 3 N–H and O–H groups in total. The Labute approximate surface area is 173 Å². The predicted octanol–water partition coefficient (Wildman–Crippen LogP) is 2.89. The van der Waals surface area contributed by atoms with E-state index in [1.165, 1.54) is 18.3 Å². The normalized spacial score (nSPS) is 18.2. The van der Waals surface area contributed by atoms with Crippen LogP contribution in [0.3, 0.4) is 0 Å². The monoisotopic (exact) mass is 407 g/mol. The van der Waals surface area contributed by atoms with Crippen LogP contribution in [0, 0.1) is 12.7 Å². The zero-order valence-corrected chi connectivity index (χ0v) is 16.6. The van der Waals surface area contributed by atoms with Gasteiger partial charge in [0.05, 0.1) is 24.5 Å². The van der Waals surface area contributed by atoms with Gasteiger partial charge in [0.1, 0.15) is 11.6 Å². The van der Waals surface area contributed by atoms with Crippen molar-refractivity contribution in [1.82, 2.24) is 26.1 Å². The van der Waals surface area contributed by atoms with Crippen molar-refractivity contribution in [3.05, 3.63) is 77.4 Å². The van der Waals surface area contributed by atoms with E-state index >= 15 is 0 Å². The van der Waals surface area contributed by atoms with Crippen molar-refractivity contribution in [3.63, 3.8) is 0 Å². The molecule has 0 radical (unpaired) electrons. The molecule has 0 spiro atoms. The first-order valence-corrected chi connectivity index (χ1v) is 9.59. The van der Waals surface area contributed by atoms with Gasteiger partial charge >= 0.3 is 0 Å². The summed E-state index contributed by atoms with van der Waals surface area (Å²) in [6, 6.07) is 13.7. The Bertz CT molecular complexity index is 1060. The fourth-order valence-corrected chi connectivity index (χ4v) is 3.40. The standard InChI is InChI=1S/C22H22FN5O2/c1-13-18(12-24-21(25-13)14-6-8-17(30-2)9-7-14)22(29)26-20-11-19(27-28-20)15-4-3-5-16(23)10-15/h3-10,12,19-20,27-28H,11H2,1-2H3,(H,26,29). The van der Waals surface area contributed by atoms with Crippen molar-refractivity contribution in [1.29, 1.82) is 0 Å². The Hall–Kier alpha value is -3.36. The number of aromatic nitrogens is 2. The van der Waals surface area contributed by atoms with Crippen LogP contribution in [0.5, 0.6) is 5.75 Å². The number of benzene rings is 2. The Morgan fingerprint density at radius 1 is 1.20 bits per heavy atom. The number of nitrogens with one attached hydrogen (secondary N) is 3. The molecule has 7 nitrogen and oxygen atoms in total. The lowest BCUT2D eigenvalue weighted by atomic mass is 10.0. The second-order valence-electron chi connectivity index (χ2n) is 7.08. The highest BCUT2D eigenvalue weighted by Gasteiger charge is 2.27. The lowest BCUT2D eigenvalue weighted by Gasteiger charge is -2.13. The van der Waals surface area contributed by atoms with E-state index < -0.39 is 0 Å². The first-order chi connectivity index (χ1) is 14.5. The van der Waals surface area contributed by atoms with Gasteiger partial charge in [0.25, 0.3) is 5.91 Å². The fraction of sp³-hybridized carbons (Fsp3) is 0.227. The van der Waals surface area contributed by atoms with Gasteiger partial charge in [0.15, 0.2) is 5.82 Å². The Balaban J connectivity index is 1.42. The third-order valence-corrected chi connectivity index (χ3v) is 5.03. The van der Waals surface area contributed by atoms with E-state index in [1.807, 2.05) is 30.3 Å². The molecule has 1 aromatic heterocycles. The number of halogens is 1. The van der Waals surface area contributed by atoms with Gasteiger partial charge in [0.2, 0.25) is 0 Å². The quantitative estimate of drug-likeness (QED) is 0.603. The SMILES string of the molecule is COc1ccc(-c2ncc(C(=O)NC3CC(c4cccc(F)c4)NN3)c(C)n2)cc1. The molecule has 1 fully saturated rings. The third-order valence-electron chi connectivity index (χ3n) is 5.03. The number of hydrazine groups is 1. The number of ether oxygens (including phenoxy) is 1. The minimum Gasteiger partial charge on any atom is -0.497 e. The van der Waals surface area contributed by atoms with Gasteiger partial charge < -0.3 is 10.1 Å². The van der Waals surface area contributed by atoms with E-state index in [-0.39, 0.29) is 23.9 Å². The number of hydrogen-bond donors (Lipinski definition) is 3. The summed E-state index contributed by atoms with van der Waals surface area (Å²) in [5.41, 5.74) is 8.77. The highest BCUT2D eigenvalue weighted by Crippen LogP contribution is 2.23. The molecule has 2 aromatic carbocycles. The van der Waals surface area contributed by atoms with E-state index in [9.17, 15) is 9.18 Å². The summed E-state index contributed by atoms with van der Waals surface area (Å²) in [5, 5.41) is 2.92. The summed E-state index contributed by atoms with van der Waals surface area (Å²) in [4.78, 5) is 21.5. The zero-order chi connectivity index (χ0) is 21.1. The molecule has 4 rings (SSSR count). The van der Waals surface area contributed by atoms with E-state index in [4.69, 9.17) is 4.74 Å². The lowest BCUT2D eigenvalue weighted by Crippen LogP contribution is -2.44. The molecular weight excluding hydrogens is 385 g/mol. The summed E-state index contributed by atoms with van der Waals surface area (Å²) in [6.07, 6.45) is 1.81. The van der Waals surface area contributed by atoms with E-state index in [1.54, 1.807) is 20.1 Å². The van der Waals surface area contributed by atoms with Crippen molar-refractivity contribution >= 4 is 5.91 Å².